The zero-order valence-corrected chi connectivity index (χ0v) is 18.0. The van der Waals surface area contributed by atoms with Crippen LogP contribution in [0.2, 0.25) is 0 Å². The maximum absolute atomic E-state index is 13.0. The molecule has 2 aromatic rings. The number of carbonyl (C=O) groups is 2. The Morgan fingerprint density at radius 2 is 1.90 bits per heavy atom. The van der Waals surface area contributed by atoms with Crippen molar-refractivity contribution in [2.75, 3.05) is 23.4 Å². The number of carbonyl (C=O) groups excluding carboxylic acids is 2. The third-order valence-electron chi connectivity index (χ3n) is 5.41. The van der Waals surface area contributed by atoms with Crippen molar-refractivity contribution >= 4 is 33.0 Å². The van der Waals surface area contributed by atoms with Gasteiger partial charge < -0.3 is 9.80 Å². The van der Waals surface area contributed by atoms with Gasteiger partial charge in [0.15, 0.2) is 9.84 Å². The highest BCUT2D eigenvalue weighted by atomic mass is 32.2. The zero-order valence-electron chi connectivity index (χ0n) is 17.2. The molecule has 1 aliphatic rings. The lowest BCUT2D eigenvalue weighted by atomic mass is 10.2. The number of amides is 2. The molecule has 1 heterocycles. The van der Waals surface area contributed by atoms with Crippen molar-refractivity contribution in [2.45, 2.75) is 43.8 Å². The Morgan fingerprint density at radius 3 is 2.55 bits per heavy atom. The minimum Gasteiger partial charge on any atom is -0.315 e. The van der Waals surface area contributed by atoms with Gasteiger partial charge >= 0.3 is 0 Å². The normalized spacial score (nSPS) is 14.4. The number of sulfone groups is 1. The maximum atomic E-state index is 13.0. The summed E-state index contributed by atoms with van der Waals surface area (Å²) < 4.78 is 26.1. The molecule has 154 valence electrons. The van der Waals surface area contributed by atoms with Crippen molar-refractivity contribution in [3.05, 3.63) is 53.6 Å². The van der Waals surface area contributed by atoms with Crippen molar-refractivity contribution in [3.63, 3.8) is 0 Å². The first kappa shape index (κ1) is 21.0. The Labute approximate surface area is 172 Å². The molecule has 1 atom stereocenters. The smallest absolute Gasteiger partial charge is 0.228 e. The first-order chi connectivity index (χ1) is 13.6. The van der Waals surface area contributed by atoms with Crippen LogP contribution >= 0.6 is 0 Å². The van der Waals surface area contributed by atoms with E-state index in [1.54, 1.807) is 31.0 Å². The summed E-state index contributed by atoms with van der Waals surface area (Å²) in [7, 11) is -2.01. The average Bonchev–Trinajstić information content (AvgIpc) is 3.10. The molecule has 3 rings (SSSR count). The predicted octanol–water partition coefficient (Wildman–Crippen LogP) is 3.12. The fraction of sp³-hybridized carbons (Fsp3) is 0.364. The van der Waals surface area contributed by atoms with Crippen LogP contribution in [0, 0.1) is 6.92 Å². The van der Waals surface area contributed by atoms with Crippen molar-refractivity contribution < 1.29 is 18.0 Å². The van der Waals surface area contributed by atoms with E-state index in [-0.39, 0.29) is 23.1 Å². The highest BCUT2D eigenvalue weighted by Gasteiger charge is 2.30. The maximum Gasteiger partial charge on any atom is 0.228 e. The highest BCUT2D eigenvalue weighted by molar-refractivity contribution is 7.92. The molecular weight excluding hydrogens is 388 g/mol. The summed E-state index contributed by atoms with van der Waals surface area (Å²) in [5.41, 5.74) is 3.37. The molecule has 1 aliphatic heterocycles. The Bertz CT molecular complexity index is 1060. The number of hydrogen-bond donors (Lipinski definition) is 0. The van der Waals surface area contributed by atoms with Crippen LogP contribution in [-0.4, -0.2) is 39.1 Å². The summed E-state index contributed by atoms with van der Waals surface area (Å²) in [6.45, 7) is 5.56. The van der Waals surface area contributed by atoms with Crippen molar-refractivity contribution in [2.24, 2.45) is 0 Å². The van der Waals surface area contributed by atoms with E-state index in [0.717, 1.165) is 22.5 Å². The number of benzene rings is 2. The van der Waals surface area contributed by atoms with Crippen LogP contribution in [0.25, 0.3) is 0 Å². The molecule has 0 radical (unpaired) electrons. The average molecular weight is 415 g/mol. The Kier molecular flexibility index (Phi) is 5.80. The number of hydrogen-bond acceptors (Lipinski definition) is 4. The molecule has 0 aliphatic carbocycles. The second-order valence-corrected chi connectivity index (χ2v) is 9.93. The molecule has 0 spiro atoms. The Morgan fingerprint density at radius 1 is 1.17 bits per heavy atom. The van der Waals surface area contributed by atoms with E-state index in [1.165, 1.54) is 17.9 Å². The first-order valence-corrected chi connectivity index (χ1v) is 11.1. The van der Waals surface area contributed by atoms with Gasteiger partial charge in [0, 0.05) is 38.3 Å². The summed E-state index contributed by atoms with van der Waals surface area (Å²) in [6, 6.07) is 12.4. The Balaban J connectivity index is 1.77. The zero-order chi connectivity index (χ0) is 21.3. The molecule has 29 heavy (non-hydrogen) atoms. The molecule has 0 saturated carbocycles. The largest absolute Gasteiger partial charge is 0.315 e. The molecule has 2 aromatic carbocycles. The second-order valence-electron chi connectivity index (χ2n) is 7.56. The summed E-state index contributed by atoms with van der Waals surface area (Å²) in [5, 5.41) is -0.856. The van der Waals surface area contributed by atoms with Gasteiger partial charge in [-0.2, -0.15) is 0 Å². The first-order valence-electron chi connectivity index (χ1n) is 9.59. The molecule has 1 unspecified atom stereocenters. The Hall–Kier alpha value is -2.67. The molecule has 2 amide bonds. The van der Waals surface area contributed by atoms with Crippen molar-refractivity contribution in [3.8, 4) is 0 Å². The predicted molar refractivity (Wildman–Crippen MR) is 114 cm³/mol. The van der Waals surface area contributed by atoms with E-state index in [2.05, 4.69) is 0 Å². The van der Waals surface area contributed by atoms with Crippen LogP contribution in [0.5, 0.6) is 0 Å². The van der Waals surface area contributed by atoms with Gasteiger partial charge in [0.25, 0.3) is 0 Å². The quantitative estimate of drug-likeness (QED) is 0.753. The SMILES string of the molecule is CC(=O)N1CCc2cc(S(=O)(=O)C(C)CC(=O)N(C)c3cccc(C)c3)ccc21. The van der Waals surface area contributed by atoms with Gasteiger partial charge in [0.2, 0.25) is 11.8 Å². The topological polar surface area (TPSA) is 74.8 Å². The lowest BCUT2D eigenvalue weighted by Crippen LogP contribution is -2.32. The molecular formula is C22H26N2O4S. The highest BCUT2D eigenvalue weighted by Crippen LogP contribution is 2.31. The lowest BCUT2D eigenvalue weighted by Gasteiger charge is -2.21. The number of aryl methyl sites for hydroxylation is 1. The summed E-state index contributed by atoms with van der Waals surface area (Å²) in [5.74, 6) is -0.312. The summed E-state index contributed by atoms with van der Waals surface area (Å²) in [6.07, 6.45) is 0.519. The van der Waals surface area contributed by atoms with Gasteiger partial charge in [-0.1, -0.05) is 12.1 Å². The van der Waals surface area contributed by atoms with Crippen molar-refractivity contribution in [1.29, 1.82) is 0 Å². The van der Waals surface area contributed by atoms with Crippen LogP contribution in [0.3, 0.4) is 0 Å². The monoisotopic (exact) mass is 414 g/mol. The van der Waals surface area contributed by atoms with Crippen LogP contribution in [0.15, 0.2) is 47.4 Å². The number of nitrogens with zero attached hydrogens (tertiary/aromatic N) is 2. The fourth-order valence-electron chi connectivity index (χ4n) is 3.59. The summed E-state index contributed by atoms with van der Waals surface area (Å²) in [4.78, 5) is 27.7. The molecule has 0 saturated heterocycles. The van der Waals surface area contributed by atoms with Crippen molar-refractivity contribution in [1.82, 2.24) is 0 Å². The van der Waals surface area contributed by atoms with Crippen LogP contribution in [0.4, 0.5) is 11.4 Å². The summed E-state index contributed by atoms with van der Waals surface area (Å²) >= 11 is 0. The lowest BCUT2D eigenvalue weighted by molar-refractivity contribution is -0.118. The number of rotatable bonds is 5. The minimum absolute atomic E-state index is 0.0579. The van der Waals surface area contributed by atoms with Crippen LogP contribution < -0.4 is 9.80 Å². The van der Waals surface area contributed by atoms with Crippen LogP contribution in [0.1, 0.15) is 31.4 Å². The number of anilines is 2. The molecule has 6 nitrogen and oxygen atoms in total. The third kappa shape index (κ3) is 4.19. The third-order valence-corrected chi connectivity index (χ3v) is 7.55. The van der Waals surface area contributed by atoms with Gasteiger partial charge in [0.05, 0.1) is 10.1 Å². The minimum atomic E-state index is -3.67. The molecule has 0 N–H and O–H groups in total. The molecule has 0 fully saturated rings. The van der Waals surface area contributed by atoms with Gasteiger partial charge in [-0.3, -0.25) is 9.59 Å². The molecule has 7 heteroatoms. The van der Waals surface area contributed by atoms with Gasteiger partial charge in [-0.25, -0.2) is 8.42 Å². The van der Waals surface area contributed by atoms with E-state index >= 15 is 0 Å². The van der Waals surface area contributed by atoms with E-state index < -0.39 is 15.1 Å². The standard InChI is InChI=1S/C22H26N2O4S/c1-15-6-5-7-19(12-15)23(4)22(26)13-16(2)29(27,28)20-8-9-21-18(14-20)10-11-24(21)17(3)25/h5-9,12,14,16H,10-11,13H2,1-4H3. The van der Waals surface area contributed by atoms with Gasteiger partial charge in [-0.15, -0.1) is 0 Å². The van der Waals surface area contributed by atoms with E-state index in [4.69, 9.17) is 0 Å². The number of fused-ring (bicyclic) bond motifs is 1. The molecule has 0 bridgehead atoms. The van der Waals surface area contributed by atoms with E-state index in [0.29, 0.717) is 13.0 Å². The second kappa shape index (κ2) is 7.99. The fourth-order valence-corrected chi connectivity index (χ4v) is 4.98. The van der Waals surface area contributed by atoms with E-state index in [9.17, 15) is 18.0 Å². The van der Waals surface area contributed by atoms with Gasteiger partial charge in [-0.05, 0) is 61.7 Å². The molecule has 0 aromatic heterocycles. The van der Waals surface area contributed by atoms with E-state index in [1.807, 2.05) is 31.2 Å². The van der Waals surface area contributed by atoms with Crippen LogP contribution in [-0.2, 0) is 25.8 Å². The van der Waals surface area contributed by atoms with Gasteiger partial charge in [0.1, 0.15) is 0 Å².